The van der Waals surface area contributed by atoms with Gasteiger partial charge in [0.25, 0.3) is 0 Å². The normalized spacial score (nSPS) is 11.9. The molecule has 0 aliphatic carbocycles. The van der Waals surface area contributed by atoms with Crippen molar-refractivity contribution in [3.8, 4) is 0 Å². The van der Waals surface area contributed by atoms with E-state index >= 15 is 0 Å². The minimum atomic E-state index is 1.27. The van der Waals surface area contributed by atoms with Crippen LogP contribution >= 0.6 is 0 Å². The summed E-state index contributed by atoms with van der Waals surface area (Å²) in [6.07, 6.45) is 28.5. The van der Waals surface area contributed by atoms with Gasteiger partial charge >= 0.3 is 0 Å². The molecular weight excluding hydrogens is 240 g/mol. The quantitative estimate of drug-likeness (QED) is 0.214. The topological polar surface area (TPSA) is 0 Å². The van der Waals surface area contributed by atoms with Crippen molar-refractivity contribution in [2.75, 3.05) is 0 Å². The fourth-order valence-corrected chi connectivity index (χ4v) is 2.37. The molecule has 0 bridgehead atoms. The van der Waals surface area contributed by atoms with Crippen molar-refractivity contribution in [1.82, 2.24) is 0 Å². The molecule has 0 atom stereocenters. The van der Waals surface area contributed by atoms with Crippen LogP contribution in [0.5, 0.6) is 0 Å². The van der Waals surface area contributed by atoms with Crippen LogP contribution in [0.15, 0.2) is 24.3 Å². The SMILES string of the molecule is CCCCCC=CCCCCC=CCCCCCCC. The molecule has 0 N–H and O–H groups in total. The van der Waals surface area contributed by atoms with Gasteiger partial charge in [-0.3, -0.25) is 0 Å². The summed E-state index contributed by atoms with van der Waals surface area (Å²) < 4.78 is 0. The monoisotopic (exact) mass is 278 g/mol. The van der Waals surface area contributed by atoms with Gasteiger partial charge in [0.2, 0.25) is 0 Å². The molecule has 0 fully saturated rings. The van der Waals surface area contributed by atoms with Crippen LogP contribution in [-0.4, -0.2) is 0 Å². The highest BCUT2D eigenvalue weighted by molar-refractivity contribution is 4.83. The predicted octanol–water partition coefficient (Wildman–Crippen LogP) is 7.60. The van der Waals surface area contributed by atoms with Gasteiger partial charge < -0.3 is 0 Å². The molecule has 20 heavy (non-hydrogen) atoms. The Morgan fingerprint density at radius 2 is 0.700 bits per heavy atom. The van der Waals surface area contributed by atoms with E-state index in [4.69, 9.17) is 0 Å². The number of hydrogen-bond acceptors (Lipinski definition) is 0. The van der Waals surface area contributed by atoms with Crippen LogP contribution in [-0.2, 0) is 0 Å². The summed E-state index contributed by atoms with van der Waals surface area (Å²) in [5, 5.41) is 0. The molecule has 118 valence electrons. The summed E-state index contributed by atoms with van der Waals surface area (Å²) in [5.41, 5.74) is 0. The van der Waals surface area contributed by atoms with Crippen molar-refractivity contribution in [2.45, 2.75) is 104 Å². The maximum Gasteiger partial charge on any atom is -0.0351 e. The Balaban J connectivity index is 3.11. The lowest BCUT2D eigenvalue weighted by Crippen LogP contribution is -1.77. The minimum absolute atomic E-state index is 1.27. The van der Waals surface area contributed by atoms with Crippen LogP contribution in [0.25, 0.3) is 0 Å². The molecule has 0 heteroatoms. The third-order valence-corrected chi connectivity index (χ3v) is 3.77. The highest BCUT2D eigenvalue weighted by Crippen LogP contribution is 2.07. The average Bonchev–Trinajstić information content (AvgIpc) is 2.47. The Bertz CT molecular complexity index is 212. The van der Waals surface area contributed by atoms with Gasteiger partial charge in [-0.2, -0.15) is 0 Å². The Morgan fingerprint density at radius 3 is 1.15 bits per heavy atom. The van der Waals surface area contributed by atoms with Crippen molar-refractivity contribution in [2.24, 2.45) is 0 Å². The standard InChI is InChI=1S/C20H38/c1-3-5-7-9-11-13-15-17-19-20-18-16-14-12-10-8-6-4-2/h11,13,16,18H,3-10,12,14-15,17,19-20H2,1-2H3. The fraction of sp³-hybridized carbons (Fsp3) is 0.800. The lowest BCUT2D eigenvalue weighted by Gasteiger charge is -1.96. The van der Waals surface area contributed by atoms with E-state index in [0.717, 1.165) is 0 Å². The van der Waals surface area contributed by atoms with E-state index in [1.54, 1.807) is 0 Å². The largest absolute Gasteiger partial charge is 0.0885 e. The first-order valence-corrected chi connectivity index (χ1v) is 9.21. The maximum atomic E-state index is 2.40. The van der Waals surface area contributed by atoms with Gasteiger partial charge in [-0.15, -0.1) is 0 Å². The van der Waals surface area contributed by atoms with Gasteiger partial charge in [-0.1, -0.05) is 76.7 Å². The molecule has 0 nitrogen and oxygen atoms in total. The van der Waals surface area contributed by atoms with E-state index in [-0.39, 0.29) is 0 Å². The smallest absolute Gasteiger partial charge is 0.0351 e. The van der Waals surface area contributed by atoms with E-state index in [9.17, 15) is 0 Å². The summed E-state index contributed by atoms with van der Waals surface area (Å²) in [6.45, 7) is 4.54. The minimum Gasteiger partial charge on any atom is -0.0885 e. The third kappa shape index (κ3) is 17.5. The molecule has 0 rings (SSSR count). The van der Waals surface area contributed by atoms with Crippen LogP contribution in [0.3, 0.4) is 0 Å². The molecule has 0 aromatic carbocycles. The maximum absolute atomic E-state index is 2.40. The van der Waals surface area contributed by atoms with E-state index in [0.29, 0.717) is 0 Å². The van der Waals surface area contributed by atoms with Crippen molar-refractivity contribution in [3.05, 3.63) is 24.3 Å². The third-order valence-electron chi connectivity index (χ3n) is 3.77. The fourth-order valence-electron chi connectivity index (χ4n) is 2.37. The molecule has 0 aliphatic rings. The Kier molecular flexibility index (Phi) is 18.0. The van der Waals surface area contributed by atoms with E-state index in [1.807, 2.05) is 0 Å². The molecule has 0 radical (unpaired) electrons. The molecule has 0 amide bonds. The van der Waals surface area contributed by atoms with Gasteiger partial charge in [0, 0.05) is 0 Å². The zero-order valence-corrected chi connectivity index (χ0v) is 14.2. The summed E-state index contributed by atoms with van der Waals surface area (Å²) >= 11 is 0. The summed E-state index contributed by atoms with van der Waals surface area (Å²) in [4.78, 5) is 0. The average molecular weight is 279 g/mol. The summed E-state index contributed by atoms with van der Waals surface area (Å²) in [7, 11) is 0. The van der Waals surface area contributed by atoms with Crippen molar-refractivity contribution in [1.29, 1.82) is 0 Å². The van der Waals surface area contributed by atoms with E-state index in [1.165, 1.54) is 89.9 Å². The van der Waals surface area contributed by atoms with Crippen LogP contribution in [0.2, 0.25) is 0 Å². The molecule has 0 aromatic heterocycles. The molecule has 0 spiro atoms. The van der Waals surface area contributed by atoms with E-state index in [2.05, 4.69) is 38.2 Å². The highest BCUT2D eigenvalue weighted by atomic mass is 13.9. The summed E-state index contributed by atoms with van der Waals surface area (Å²) in [5.74, 6) is 0. The first-order valence-electron chi connectivity index (χ1n) is 9.21. The molecule has 0 saturated carbocycles. The van der Waals surface area contributed by atoms with Gasteiger partial charge in [0.15, 0.2) is 0 Å². The van der Waals surface area contributed by atoms with Crippen LogP contribution in [0, 0.1) is 0 Å². The predicted molar refractivity (Wildman–Crippen MR) is 94.3 cm³/mol. The summed E-state index contributed by atoms with van der Waals surface area (Å²) in [6, 6.07) is 0. The van der Waals surface area contributed by atoms with Gasteiger partial charge in [0.05, 0.1) is 0 Å². The van der Waals surface area contributed by atoms with Crippen molar-refractivity contribution < 1.29 is 0 Å². The lowest BCUT2D eigenvalue weighted by atomic mass is 10.1. The lowest BCUT2D eigenvalue weighted by molar-refractivity contribution is 0.636. The zero-order valence-electron chi connectivity index (χ0n) is 14.2. The zero-order chi connectivity index (χ0) is 14.7. The highest BCUT2D eigenvalue weighted by Gasteiger charge is 1.87. The van der Waals surface area contributed by atoms with Crippen LogP contribution in [0.1, 0.15) is 104 Å². The first-order chi connectivity index (χ1) is 9.91. The molecule has 0 aliphatic heterocycles. The molecule has 0 saturated heterocycles. The van der Waals surface area contributed by atoms with Crippen molar-refractivity contribution in [3.63, 3.8) is 0 Å². The molecule has 0 unspecified atom stereocenters. The Hall–Kier alpha value is -0.520. The Morgan fingerprint density at radius 1 is 0.400 bits per heavy atom. The van der Waals surface area contributed by atoms with Gasteiger partial charge in [0.1, 0.15) is 0 Å². The Labute approximate surface area is 128 Å². The molecular formula is C20H38. The second kappa shape index (κ2) is 18.5. The van der Waals surface area contributed by atoms with Gasteiger partial charge in [-0.25, -0.2) is 0 Å². The first kappa shape index (κ1) is 19.5. The van der Waals surface area contributed by atoms with Crippen molar-refractivity contribution >= 4 is 0 Å². The van der Waals surface area contributed by atoms with Crippen LogP contribution < -0.4 is 0 Å². The molecule has 0 aromatic rings. The van der Waals surface area contributed by atoms with Crippen LogP contribution in [0.4, 0.5) is 0 Å². The second-order valence-electron chi connectivity index (χ2n) is 5.93. The number of hydrogen-bond donors (Lipinski definition) is 0. The number of rotatable bonds is 15. The number of unbranched alkanes of at least 4 members (excludes halogenated alkanes) is 11. The van der Waals surface area contributed by atoms with E-state index < -0.39 is 0 Å². The molecule has 0 heterocycles. The second-order valence-corrected chi connectivity index (χ2v) is 5.93. The number of allylic oxidation sites excluding steroid dienone is 4. The van der Waals surface area contributed by atoms with Gasteiger partial charge in [-0.05, 0) is 51.4 Å².